The number of likely N-dealkylation sites (tertiary alicyclic amines) is 3. The number of carbonyl (C=O) groups excluding carboxylic acids is 1. The predicted molar refractivity (Wildman–Crippen MR) is 539 cm³/mol. The van der Waals surface area contributed by atoms with Gasteiger partial charge in [0.05, 0.1) is 67.2 Å². The fraction of sp³-hybridized carbons (Fsp3) is 0.392. The van der Waals surface area contributed by atoms with Crippen LogP contribution < -0.4 is 76.7 Å². The Balaban J connectivity index is 0.000000137. The molecule has 12 aromatic rings. The van der Waals surface area contributed by atoms with Gasteiger partial charge < -0.3 is 89.2 Å². The van der Waals surface area contributed by atoms with Crippen LogP contribution in [0.5, 0.6) is 17.2 Å². The molecule has 0 atom stereocenters. The van der Waals surface area contributed by atoms with Crippen LogP contribution in [-0.4, -0.2) is 211 Å². The number of Topliss-reactive ketones (excluding diaryl/α,β-unsaturated/α-hetero) is 1. The fourth-order valence-corrected chi connectivity index (χ4v) is 25.5. The first kappa shape index (κ1) is 91.2. The number of nitrogens with one attached hydrogen (secondary N) is 6. The first-order valence-electron chi connectivity index (χ1n) is 45.4. The minimum absolute atomic E-state index is 0.174. The lowest BCUT2D eigenvalue weighted by Crippen LogP contribution is -2.58. The van der Waals surface area contributed by atoms with Crippen LogP contribution in [-0.2, 0) is 13.7 Å². The summed E-state index contributed by atoms with van der Waals surface area (Å²) in [6.07, 6.45) is 14.5. The second kappa shape index (κ2) is 36.8. The highest BCUT2D eigenvalue weighted by Crippen LogP contribution is 2.51. The Labute approximate surface area is 769 Å². The van der Waals surface area contributed by atoms with Gasteiger partial charge in [-0.2, -0.15) is 20.2 Å². The van der Waals surface area contributed by atoms with Crippen molar-refractivity contribution in [1.29, 1.82) is 5.26 Å². The van der Waals surface area contributed by atoms with Gasteiger partial charge in [0.1, 0.15) is 61.9 Å². The minimum Gasteiger partial charge on any atom is -0.494 e. The molecular weight excluding hydrogens is 1700 g/mol. The Morgan fingerprint density at radius 1 is 0.412 bits per heavy atom. The van der Waals surface area contributed by atoms with Crippen LogP contribution in [0, 0.1) is 48.3 Å². The van der Waals surface area contributed by atoms with Crippen molar-refractivity contribution < 1.29 is 32.7 Å². The summed E-state index contributed by atoms with van der Waals surface area (Å²) in [7, 11) is 3.63. The van der Waals surface area contributed by atoms with Crippen molar-refractivity contribution in [3.63, 3.8) is 0 Å². The van der Waals surface area contributed by atoms with E-state index in [1.54, 1.807) is 48.0 Å². The number of nitriles is 1. The van der Waals surface area contributed by atoms with Gasteiger partial charge in [0, 0.05) is 148 Å². The molecule has 7 aliphatic rings. The summed E-state index contributed by atoms with van der Waals surface area (Å²) >= 11 is 0. The van der Waals surface area contributed by atoms with Crippen molar-refractivity contribution >= 4 is 162 Å². The number of methoxy groups -OCH3 is 3. The maximum absolute atomic E-state index is 13.6. The SMILES string of the molecule is COc1cc(N2CCC3(CC2)CN(C)C3)c(C)cc1Nc1ncc(C#N)c(Nc2ccc3ccccc3c2P(C)(C)=O)n1.COc1cc(N2CCC3(CC2)CN(C)C3)c(C)cc1Nc1ncc(C(C)=O)c(Nc2ccc3ccccc3c2P(C)(C)=O)n1.COc1cc(N2CCC3(CC2)CN(C)C3)c(C)cc1Nc1ncc(C2CC2)c(Nc2ccc3ccccc3c2P(C)(C)=O)n1. The Kier molecular flexibility index (Phi) is 25.6. The zero-order valence-electron chi connectivity index (χ0n) is 78.3. The Hall–Kier alpha value is -11.7. The van der Waals surface area contributed by atoms with Crippen molar-refractivity contribution in [3.8, 4) is 23.3 Å². The second-order valence-electron chi connectivity index (χ2n) is 38.7. The van der Waals surface area contributed by atoms with Gasteiger partial charge in [0.15, 0.2) is 11.6 Å². The molecule has 0 unspecified atom stereocenters. The maximum atomic E-state index is 13.6. The second-order valence-corrected chi connectivity index (χ2v) is 48.1. The molecule has 9 heterocycles. The summed E-state index contributed by atoms with van der Waals surface area (Å²) in [6.45, 7) is 32.1. The molecule has 3 spiro atoms. The summed E-state index contributed by atoms with van der Waals surface area (Å²) in [5.41, 5.74) is 14.7. The molecular formula is C102H122N19O7P3. The van der Waals surface area contributed by atoms with E-state index in [1.807, 2.05) is 111 Å². The summed E-state index contributed by atoms with van der Waals surface area (Å²) in [5.74, 6) is 4.98. The highest BCUT2D eigenvalue weighted by Gasteiger charge is 2.46. The van der Waals surface area contributed by atoms with Crippen molar-refractivity contribution in [2.45, 2.75) is 85.0 Å². The van der Waals surface area contributed by atoms with Gasteiger partial charge >= 0.3 is 0 Å². The van der Waals surface area contributed by atoms with E-state index in [1.165, 1.54) is 120 Å². The summed E-state index contributed by atoms with van der Waals surface area (Å²) in [4.78, 5) is 55.3. The van der Waals surface area contributed by atoms with Crippen LogP contribution in [0.25, 0.3) is 32.3 Å². The minimum atomic E-state index is -2.71. The van der Waals surface area contributed by atoms with Gasteiger partial charge in [-0.1, -0.05) is 91.0 Å². The van der Waals surface area contributed by atoms with Crippen LogP contribution in [0.4, 0.5) is 86.5 Å². The lowest BCUT2D eigenvalue weighted by Gasteiger charge is -2.53. The predicted octanol–water partition coefficient (Wildman–Crippen LogP) is 19.6. The van der Waals surface area contributed by atoms with Crippen LogP contribution in [0.3, 0.4) is 0 Å². The molecule has 0 amide bonds. The zero-order valence-corrected chi connectivity index (χ0v) is 81.0. The molecule has 682 valence electrons. The number of ketones is 1. The highest BCUT2D eigenvalue weighted by atomic mass is 31.2. The van der Waals surface area contributed by atoms with Crippen LogP contribution >= 0.6 is 21.4 Å². The van der Waals surface area contributed by atoms with Gasteiger partial charge in [-0.3, -0.25) is 4.79 Å². The van der Waals surface area contributed by atoms with Crippen LogP contribution in [0.2, 0.25) is 0 Å². The fourth-order valence-electron chi connectivity index (χ4n) is 21.0. The molecule has 29 heteroatoms. The van der Waals surface area contributed by atoms with E-state index in [4.69, 9.17) is 29.2 Å². The summed E-state index contributed by atoms with van der Waals surface area (Å²) in [6, 6.07) is 50.5. The normalized spacial score (nSPS) is 17.1. The smallest absolute Gasteiger partial charge is 0.229 e. The number of hydrogen-bond donors (Lipinski definition) is 6. The number of aryl methyl sites for hydroxylation is 3. The number of fused-ring (bicyclic) bond motifs is 3. The van der Waals surface area contributed by atoms with Gasteiger partial charge in [-0.15, -0.1) is 0 Å². The molecule has 9 aromatic carbocycles. The number of benzene rings is 9. The molecule has 19 rings (SSSR count). The number of hydrogen-bond acceptors (Lipinski definition) is 26. The number of rotatable bonds is 23. The first-order chi connectivity index (χ1) is 62.7. The third kappa shape index (κ3) is 19.5. The average Bonchev–Trinajstić information content (AvgIpc) is 1.32. The monoisotopic (exact) mass is 1820 g/mol. The first-order valence-corrected chi connectivity index (χ1v) is 53.2. The highest BCUT2D eigenvalue weighted by molar-refractivity contribution is 7.71. The number of carbonyl (C=O) groups is 1. The topological polar surface area (TPSA) is 289 Å². The van der Waals surface area contributed by atoms with E-state index in [0.717, 1.165) is 151 Å². The van der Waals surface area contributed by atoms with Gasteiger partial charge in [-0.25, -0.2) is 15.0 Å². The number of ether oxygens (including phenoxy) is 3. The van der Waals surface area contributed by atoms with E-state index in [2.05, 4.69) is 179 Å². The van der Waals surface area contributed by atoms with Crippen LogP contribution in [0.1, 0.15) is 102 Å². The zero-order chi connectivity index (χ0) is 92.2. The Morgan fingerprint density at radius 2 is 0.725 bits per heavy atom. The molecule has 26 nitrogen and oxygen atoms in total. The number of nitrogens with zero attached hydrogens (tertiary/aromatic N) is 13. The third-order valence-corrected chi connectivity index (χ3v) is 32.1. The maximum Gasteiger partial charge on any atom is 0.229 e. The van der Waals surface area contributed by atoms with E-state index < -0.39 is 21.4 Å². The molecule has 6 saturated heterocycles. The van der Waals surface area contributed by atoms with Gasteiger partial charge in [-0.05, 0) is 248 Å². The molecule has 6 aliphatic heterocycles. The Bertz CT molecular complexity index is 6570. The molecule has 6 N–H and O–H groups in total. The molecule has 1 aliphatic carbocycles. The van der Waals surface area contributed by atoms with Crippen molar-refractivity contribution in [2.75, 3.05) is 208 Å². The lowest BCUT2D eigenvalue weighted by atomic mass is 9.72. The molecule has 0 bridgehead atoms. The van der Waals surface area contributed by atoms with Gasteiger partial charge in [0.25, 0.3) is 0 Å². The third-order valence-electron chi connectivity index (χ3n) is 27.4. The quantitative estimate of drug-likeness (QED) is 0.0256. The van der Waals surface area contributed by atoms with Crippen molar-refractivity contribution in [1.82, 2.24) is 44.6 Å². The van der Waals surface area contributed by atoms with E-state index in [0.29, 0.717) is 80.1 Å². The Morgan fingerprint density at radius 3 is 1.05 bits per heavy atom. The number of piperidine rings is 3. The van der Waals surface area contributed by atoms with Crippen molar-refractivity contribution in [3.05, 3.63) is 198 Å². The molecule has 7 fully saturated rings. The number of anilines is 15. The van der Waals surface area contributed by atoms with Gasteiger partial charge in [0.2, 0.25) is 17.8 Å². The largest absolute Gasteiger partial charge is 0.494 e. The molecule has 3 aromatic heterocycles. The summed E-state index contributed by atoms with van der Waals surface area (Å²) < 4.78 is 58.0. The molecule has 131 heavy (non-hydrogen) atoms. The van der Waals surface area contributed by atoms with Crippen molar-refractivity contribution in [2.24, 2.45) is 16.2 Å². The average molecular weight is 1820 g/mol. The van der Waals surface area contributed by atoms with E-state index >= 15 is 0 Å². The van der Waals surface area contributed by atoms with E-state index in [9.17, 15) is 23.8 Å². The lowest BCUT2D eigenvalue weighted by molar-refractivity contribution is 0.00124. The molecule has 0 radical (unpaired) electrons. The standard InChI is InChI=1S/C35H43N6O2P.C34H41N6O3P.C33H38N7O2P/c1-23-18-29(31(43-3)19-30(23)41-16-14-35(15-17-41)21-40(2)22-35)38-34-36-20-27(25-10-11-25)33(39-34)37-28-13-12-24-8-6-7-9-26(24)32(28)44(4,5)42;1-22-17-28(30(43-4)18-29(22)40-15-13-34(14-16-40)20-39(3)21-34)37-33-35-19-26(23(2)41)32(38-33)36-27-12-11-24-9-7-8-10-25(24)31(27)44(5,6)42;1-22-16-27(29(42-3)17-28(22)40-14-12-33(13-15-40)20-39(2)21-33)37-32-35-19-24(18-34)31(38-32)36-26-11-10-23-8-6-7-9-25(23)30(26)43(4,5)41/h6-9,12-13,18-20,25H,10-11,14-17,21-22H2,1-5H3,(H2,36,37,38,39);7-12,17-19H,13-16,20-21H2,1-6H3,(H2,35,36,37,38);6-11,16-17,19H,12-15,20-21H2,1-5H3,(H2,35,36,37,38). The number of aromatic nitrogens is 6. The van der Waals surface area contributed by atoms with Crippen LogP contribution in [0.15, 0.2) is 164 Å². The molecule has 1 saturated carbocycles. The van der Waals surface area contributed by atoms with E-state index in [-0.39, 0.29) is 11.3 Å². The summed E-state index contributed by atoms with van der Waals surface area (Å²) in [5, 5.41) is 38.4.